The van der Waals surface area contributed by atoms with Gasteiger partial charge >= 0.3 is 6.03 Å². The number of halogens is 1. The number of rotatable bonds is 4. The van der Waals surface area contributed by atoms with Crippen LogP contribution >= 0.6 is 12.4 Å². The van der Waals surface area contributed by atoms with Crippen LogP contribution in [0.3, 0.4) is 0 Å². The molecule has 1 aromatic carbocycles. The number of aromatic nitrogens is 1. The zero-order valence-corrected chi connectivity index (χ0v) is 16.4. The number of ether oxygens (including phenoxy) is 2. The van der Waals surface area contributed by atoms with Crippen LogP contribution in [0.4, 0.5) is 10.5 Å². The Bertz CT molecular complexity index is 867. The van der Waals surface area contributed by atoms with E-state index in [0.717, 1.165) is 18.7 Å². The minimum absolute atomic E-state index is 0. The molecular weight excluding hydrogens is 398 g/mol. The molecule has 0 aliphatic carbocycles. The molecule has 1 atom stereocenters. The number of nitrogens with one attached hydrogen (secondary N) is 3. The van der Waals surface area contributed by atoms with Crippen LogP contribution in [0.25, 0.3) is 0 Å². The van der Waals surface area contributed by atoms with Gasteiger partial charge in [0.05, 0.1) is 6.54 Å². The highest BCUT2D eigenvalue weighted by atomic mass is 35.5. The summed E-state index contributed by atoms with van der Waals surface area (Å²) in [5.74, 6) is 0.820. The van der Waals surface area contributed by atoms with Gasteiger partial charge in [0.1, 0.15) is 0 Å². The molecule has 10 heteroatoms. The number of urea groups is 1. The molecule has 0 saturated carbocycles. The number of carbonyl (C=O) groups excluding carboxylic acids is 2. The van der Waals surface area contributed by atoms with Crippen molar-refractivity contribution in [2.75, 3.05) is 38.3 Å². The highest BCUT2D eigenvalue weighted by Crippen LogP contribution is 2.34. The molecule has 9 nitrogen and oxygen atoms in total. The van der Waals surface area contributed by atoms with Gasteiger partial charge in [0, 0.05) is 49.8 Å². The molecule has 1 fully saturated rings. The Morgan fingerprint density at radius 3 is 2.93 bits per heavy atom. The third kappa shape index (κ3) is 5.14. The SMILES string of the molecule is Cl.O=C(CN1CCNCC1c1cccnc1)NC(=O)Nc1ccc2c(c1)OCO2. The van der Waals surface area contributed by atoms with Crippen molar-refractivity contribution < 1.29 is 19.1 Å². The van der Waals surface area contributed by atoms with Gasteiger partial charge in [-0.1, -0.05) is 6.07 Å². The molecule has 1 aromatic heterocycles. The second kappa shape index (κ2) is 9.55. The number of benzene rings is 1. The van der Waals surface area contributed by atoms with E-state index in [1.807, 2.05) is 17.0 Å². The molecule has 29 heavy (non-hydrogen) atoms. The maximum absolute atomic E-state index is 12.4. The lowest BCUT2D eigenvalue weighted by atomic mass is 10.1. The molecule has 0 spiro atoms. The molecule has 3 amide bonds. The predicted molar refractivity (Wildman–Crippen MR) is 108 cm³/mol. The van der Waals surface area contributed by atoms with E-state index in [-0.39, 0.29) is 37.7 Å². The van der Waals surface area contributed by atoms with Gasteiger partial charge in [0.15, 0.2) is 11.5 Å². The van der Waals surface area contributed by atoms with Crippen LogP contribution in [-0.4, -0.2) is 54.8 Å². The lowest BCUT2D eigenvalue weighted by molar-refractivity contribution is -0.121. The number of imide groups is 1. The van der Waals surface area contributed by atoms with Crippen LogP contribution in [0.2, 0.25) is 0 Å². The van der Waals surface area contributed by atoms with Crippen LogP contribution < -0.4 is 25.4 Å². The number of amides is 3. The Morgan fingerprint density at radius 1 is 1.24 bits per heavy atom. The Hall–Kier alpha value is -2.88. The van der Waals surface area contributed by atoms with E-state index in [1.165, 1.54) is 0 Å². The number of hydrogen-bond acceptors (Lipinski definition) is 7. The predicted octanol–water partition coefficient (Wildman–Crippen LogP) is 1.53. The van der Waals surface area contributed by atoms with Crippen molar-refractivity contribution in [2.24, 2.45) is 0 Å². The van der Waals surface area contributed by atoms with Gasteiger partial charge in [0.25, 0.3) is 0 Å². The van der Waals surface area contributed by atoms with Crippen molar-refractivity contribution in [3.8, 4) is 11.5 Å². The van der Waals surface area contributed by atoms with Crippen LogP contribution in [-0.2, 0) is 4.79 Å². The summed E-state index contributed by atoms with van der Waals surface area (Å²) in [6, 6.07) is 8.36. The van der Waals surface area contributed by atoms with Gasteiger partial charge in [-0.05, 0) is 23.8 Å². The van der Waals surface area contributed by atoms with Gasteiger partial charge in [-0.15, -0.1) is 12.4 Å². The van der Waals surface area contributed by atoms with E-state index in [1.54, 1.807) is 30.6 Å². The van der Waals surface area contributed by atoms with Crippen molar-refractivity contribution in [3.63, 3.8) is 0 Å². The second-order valence-corrected chi connectivity index (χ2v) is 6.55. The molecule has 2 aliphatic heterocycles. The van der Waals surface area contributed by atoms with Crippen molar-refractivity contribution in [2.45, 2.75) is 6.04 Å². The number of hydrogen-bond donors (Lipinski definition) is 3. The van der Waals surface area contributed by atoms with E-state index in [2.05, 4.69) is 20.9 Å². The van der Waals surface area contributed by atoms with Gasteiger partial charge in [-0.3, -0.25) is 20.0 Å². The maximum Gasteiger partial charge on any atom is 0.325 e. The lowest BCUT2D eigenvalue weighted by Crippen LogP contribution is -2.50. The lowest BCUT2D eigenvalue weighted by Gasteiger charge is -2.35. The number of fused-ring (bicyclic) bond motifs is 1. The first-order valence-electron chi connectivity index (χ1n) is 9.04. The molecule has 1 unspecified atom stereocenters. The number of pyridine rings is 1. The number of nitrogens with zero attached hydrogens (tertiary/aromatic N) is 2. The quantitative estimate of drug-likeness (QED) is 0.690. The van der Waals surface area contributed by atoms with E-state index in [9.17, 15) is 9.59 Å². The van der Waals surface area contributed by atoms with E-state index < -0.39 is 6.03 Å². The van der Waals surface area contributed by atoms with E-state index in [4.69, 9.17) is 9.47 Å². The average molecular weight is 420 g/mol. The van der Waals surface area contributed by atoms with Gasteiger partial charge in [0.2, 0.25) is 12.7 Å². The van der Waals surface area contributed by atoms with E-state index in [0.29, 0.717) is 23.7 Å². The first-order valence-corrected chi connectivity index (χ1v) is 9.04. The fraction of sp³-hybridized carbons (Fsp3) is 0.316. The Morgan fingerprint density at radius 2 is 2.10 bits per heavy atom. The molecule has 2 aliphatic rings. The van der Waals surface area contributed by atoms with Gasteiger partial charge < -0.3 is 20.1 Å². The number of anilines is 1. The standard InChI is InChI=1S/C19H21N5O4.ClH/c25-18(11-24-7-6-21-10-15(24)13-2-1-5-20-9-13)23-19(26)22-14-3-4-16-17(8-14)28-12-27-16;/h1-5,8-9,15,21H,6-7,10-12H2,(H2,22,23,25,26);1H. The summed E-state index contributed by atoms with van der Waals surface area (Å²) in [5.41, 5.74) is 1.55. The summed E-state index contributed by atoms with van der Waals surface area (Å²) < 4.78 is 10.5. The highest BCUT2D eigenvalue weighted by Gasteiger charge is 2.26. The monoisotopic (exact) mass is 419 g/mol. The first kappa shape index (κ1) is 20.8. The molecule has 3 heterocycles. The summed E-state index contributed by atoms with van der Waals surface area (Å²) in [4.78, 5) is 30.7. The Balaban J connectivity index is 0.00000240. The Labute approximate surface area is 174 Å². The van der Waals surface area contributed by atoms with Crippen LogP contribution in [0.15, 0.2) is 42.7 Å². The highest BCUT2D eigenvalue weighted by molar-refractivity contribution is 6.01. The fourth-order valence-electron chi connectivity index (χ4n) is 3.32. The van der Waals surface area contributed by atoms with Crippen LogP contribution in [0, 0.1) is 0 Å². The van der Waals surface area contributed by atoms with Crippen molar-refractivity contribution in [1.82, 2.24) is 20.5 Å². The first-order chi connectivity index (χ1) is 13.7. The molecule has 1 saturated heterocycles. The van der Waals surface area contributed by atoms with Crippen LogP contribution in [0.1, 0.15) is 11.6 Å². The minimum atomic E-state index is -0.586. The Kier molecular flexibility index (Phi) is 6.86. The second-order valence-electron chi connectivity index (χ2n) is 6.55. The van der Waals surface area contributed by atoms with Crippen molar-refractivity contribution in [3.05, 3.63) is 48.3 Å². The number of piperazine rings is 1. The third-order valence-electron chi connectivity index (χ3n) is 4.65. The van der Waals surface area contributed by atoms with Crippen molar-refractivity contribution >= 4 is 30.0 Å². The van der Waals surface area contributed by atoms with Gasteiger partial charge in [-0.2, -0.15) is 0 Å². The smallest absolute Gasteiger partial charge is 0.325 e. The zero-order valence-electron chi connectivity index (χ0n) is 15.6. The average Bonchev–Trinajstić information content (AvgIpc) is 3.16. The topological polar surface area (TPSA) is 105 Å². The molecule has 3 N–H and O–H groups in total. The minimum Gasteiger partial charge on any atom is -0.454 e. The van der Waals surface area contributed by atoms with Gasteiger partial charge in [-0.25, -0.2) is 4.79 Å². The largest absolute Gasteiger partial charge is 0.454 e. The third-order valence-corrected chi connectivity index (χ3v) is 4.65. The zero-order chi connectivity index (χ0) is 19.3. The molecule has 2 aromatic rings. The molecule has 0 bridgehead atoms. The summed E-state index contributed by atoms with van der Waals surface area (Å²) in [6.45, 7) is 2.49. The fourth-order valence-corrected chi connectivity index (χ4v) is 3.32. The number of carbonyl (C=O) groups is 2. The summed E-state index contributed by atoms with van der Waals surface area (Å²) >= 11 is 0. The normalized spacial score (nSPS) is 17.9. The van der Waals surface area contributed by atoms with Crippen LogP contribution in [0.5, 0.6) is 11.5 Å². The summed E-state index contributed by atoms with van der Waals surface area (Å²) in [6.07, 6.45) is 3.52. The molecule has 0 radical (unpaired) electrons. The molecular formula is C19H22ClN5O4. The molecule has 154 valence electrons. The molecule has 4 rings (SSSR count). The van der Waals surface area contributed by atoms with E-state index >= 15 is 0 Å². The summed E-state index contributed by atoms with van der Waals surface area (Å²) in [5, 5.41) is 8.34. The maximum atomic E-state index is 12.4. The summed E-state index contributed by atoms with van der Waals surface area (Å²) in [7, 11) is 0. The van der Waals surface area contributed by atoms with Crippen molar-refractivity contribution in [1.29, 1.82) is 0 Å².